The number of carboxylic acid groups (broad SMARTS) is 1. The number of fused-ring (bicyclic) bond motifs is 1. The van der Waals surface area contributed by atoms with Crippen molar-refractivity contribution in [3.05, 3.63) is 47.0 Å². The standard InChI is InChI=1S/C17H18ClN3O5/c18-12-5-3-4-11(8-12)15(22)19-13-6-1-2-7-20-10-26-9-14(17(24)25)21(20)16(13)23/h1-5,8,13-14H,6-7,9-10H2,(H,19,22)(H,24,25)/b2-1-/t13-,14+/m0/s1. The molecule has 9 heteroatoms. The number of ether oxygens (including phenoxy) is 1. The number of hydrogen-bond acceptors (Lipinski definition) is 5. The van der Waals surface area contributed by atoms with Gasteiger partial charge in [0.1, 0.15) is 12.8 Å². The zero-order valence-electron chi connectivity index (χ0n) is 13.8. The summed E-state index contributed by atoms with van der Waals surface area (Å²) < 4.78 is 5.27. The van der Waals surface area contributed by atoms with Crippen LogP contribution in [0.2, 0.25) is 5.02 Å². The van der Waals surface area contributed by atoms with Gasteiger partial charge in [-0.3, -0.25) is 14.6 Å². The molecule has 0 saturated carbocycles. The molecule has 26 heavy (non-hydrogen) atoms. The zero-order valence-corrected chi connectivity index (χ0v) is 14.6. The lowest BCUT2D eigenvalue weighted by atomic mass is 10.1. The highest BCUT2D eigenvalue weighted by Crippen LogP contribution is 2.18. The molecule has 0 aromatic heterocycles. The maximum absolute atomic E-state index is 13.0. The van der Waals surface area contributed by atoms with Crippen molar-refractivity contribution in [2.75, 3.05) is 19.9 Å². The van der Waals surface area contributed by atoms with Crippen molar-refractivity contribution in [1.29, 1.82) is 0 Å². The maximum Gasteiger partial charge on any atom is 0.330 e. The van der Waals surface area contributed by atoms with Crippen molar-refractivity contribution >= 4 is 29.4 Å². The van der Waals surface area contributed by atoms with E-state index in [-0.39, 0.29) is 19.8 Å². The third-order valence-corrected chi connectivity index (χ3v) is 4.41. The number of benzene rings is 1. The fraction of sp³-hybridized carbons (Fsp3) is 0.353. The molecule has 2 aliphatic rings. The molecule has 0 radical (unpaired) electrons. The molecule has 0 bridgehead atoms. The summed E-state index contributed by atoms with van der Waals surface area (Å²) in [6.45, 7) is 0.357. The van der Waals surface area contributed by atoms with E-state index in [0.29, 0.717) is 17.1 Å². The van der Waals surface area contributed by atoms with Gasteiger partial charge >= 0.3 is 5.97 Å². The number of hydrazine groups is 1. The van der Waals surface area contributed by atoms with Gasteiger partial charge in [0.25, 0.3) is 11.8 Å². The summed E-state index contributed by atoms with van der Waals surface area (Å²) in [6, 6.07) is 4.35. The van der Waals surface area contributed by atoms with E-state index < -0.39 is 29.9 Å². The van der Waals surface area contributed by atoms with Crippen molar-refractivity contribution < 1.29 is 24.2 Å². The van der Waals surface area contributed by atoms with E-state index in [4.69, 9.17) is 16.3 Å². The number of carbonyl (C=O) groups excluding carboxylic acids is 2. The summed E-state index contributed by atoms with van der Waals surface area (Å²) in [5, 5.41) is 15.2. The highest BCUT2D eigenvalue weighted by molar-refractivity contribution is 6.31. The summed E-state index contributed by atoms with van der Waals surface area (Å²) in [5.74, 6) is -2.10. The lowest BCUT2D eigenvalue weighted by Gasteiger charge is -2.43. The fourth-order valence-electron chi connectivity index (χ4n) is 2.89. The van der Waals surface area contributed by atoms with Crippen LogP contribution in [0.1, 0.15) is 16.8 Å². The van der Waals surface area contributed by atoms with Gasteiger partial charge in [0.05, 0.1) is 6.61 Å². The Balaban J connectivity index is 1.83. The molecular weight excluding hydrogens is 362 g/mol. The minimum atomic E-state index is -1.16. The van der Waals surface area contributed by atoms with Crippen LogP contribution in [-0.4, -0.2) is 64.9 Å². The molecule has 2 N–H and O–H groups in total. The highest BCUT2D eigenvalue weighted by Gasteiger charge is 2.41. The van der Waals surface area contributed by atoms with E-state index in [1.807, 2.05) is 6.08 Å². The summed E-state index contributed by atoms with van der Waals surface area (Å²) in [5.41, 5.74) is 0.324. The van der Waals surface area contributed by atoms with Crippen LogP contribution < -0.4 is 5.32 Å². The lowest BCUT2D eigenvalue weighted by molar-refractivity contribution is -0.206. The summed E-state index contributed by atoms with van der Waals surface area (Å²) in [4.78, 5) is 37.0. The minimum Gasteiger partial charge on any atom is -0.480 e. The number of nitrogens with zero attached hydrogens (tertiary/aromatic N) is 2. The molecule has 0 unspecified atom stereocenters. The number of nitrogens with one attached hydrogen (secondary N) is 1. The summed E-state index contributed by atoms with van der Waals surface area (Å²) in [6.07, 6.45) is 3.86. The Hall–Kier alpha value is -2.42. The highest BCUT2D eigenvalue weighted by atomic mass is 35.5. The number of aliphatic carboxylic acids is 1. The topological polar surface area (TPSA) is 99.2 Å². The monoisotopic (exact) mass is 379 g/mol. The van der Waals surface area contributed by atoms with Crippen LogP contribution in [-0.2, 0) is 14.3 Å². The molecule has 0 spiro atoms. The number of amides is 2. The van der Waals surface area contributed by atoms with Crippen molar-refractivity contribution in [3.63, 3.8) is 0 Å². The van der Waals surface area contributed by atoms with Crippen LogP contribution in [0.15, 0.2) is 36.4 Å². The van der Waals surface area contributed by atoms with Gasteiger partial charge in [-0.1, -0.05) is 29.8 Å². The number of halogens is 1. The van der Waals surface area contributed by atoms with Crippen LogP contribution in [0.4, 0.5) is 0 Å². The van der Waals surface area contributed by atoms with Gasteiger partial charge in [-0.25, -0.2) is 4.79 Å². The second-order valence-corrected chi connectivity index (χ2v) is 6.41. The molecule has 1 saturated heterocycles. The average Bonchev–Trinajstić information content (AvgIpc) is 2.61. The van der Waals surface area contributed by atoms with E-state index in [0.717, 1.165) is 0 Å². The Morgan fingerprint density at radius 2 is 2.12 bits per heavy atom. The second-order valence-electron chi connectivity index (χ2n) is 5.97. The smallest absolute Gasteiger partial charge is 0.330 e. The Bertz CT molecular complexity index is 754. The van der Waals surface area contributed by atoms with Crippen molar-refractivity contribution in [1.82, 2.24) is 15.3 Å². The molecule has 138 valence electrons. The first-order chi connectivity index (χ1) is 12.5. The largest absolute Gasteiger partial charge is 0.480 e. The van der Waals surface area contributed by atoms with Crippen LogP contribution in [0.25, 0.3) is 0 Å². The van der Waals surface area contributed by atoms with E-state index in [2.05, 4.69) is 5.32 Å². The number of carboxylic acids is 1. The summed E-state index contributed by atoms with van der Waals surface area (Å²) >= 11 is 5.90. The first-order valence-corrected chi connectivity index (χ1v) is 8.45. The van der Waals surface area contributed by atoms with Crippen LogP contribution >= 0.6 is 11.6 Å². The quantitative estimate of drug-likeness (QED) is 0.756. The molecule has 8 nitrogen and oxygen atoms in total. The normalized spacial score (nSPS) is 25.0. The SMILES string of the molecule is O=C(N[C@H]1C/C=C\CN2COC[C@H](C(=O)O)N2C1=O)c1cccc(Cl)c1. The molecule has 1 aromatic rings. The first kappa shape index (κ1) is 18.4. The van der Waals surface area contributed by atoms with Gasteiger partial charge < -0.3 is 15.2 Å². The molecule has 0 aliphatic carbocycles. The Kier molecular flexibility index (Phi) is 5.55. The van der Waals surface area contributed by atoms with Crippen molar-refractivity contribution in [2.45, 2.75) is 18.5 Å². The predicted octanol–water partition coefficient (Wildman–Crippen LogP) is 0.885. The molecular formula is C17H18ClN3O5. The van der Waals surface area contributed by atoms with Gasteiger partial charge in [-0.2, -0.15) is 5.01 Å². The van der Waals surface area contributed by atoms with E-state index in [1.54, 1.807) is 24.3 Å². The first-order valence-electron chi connectivity index (χ1n) is 8.07. The maximum atomic E-state index is 13.0. The molecule has 2 heterocycles. The van der Waals surface area contributed by atoms with Crippen molar-refractivity contribution in [3.8, 4) is 0 Å². The third-order valence-electron chi connectivity index (χ3n) is 4.17. The lowest BCUT2D eigenvalue weighted by Crippen LogP contribution is -2.65. The summed E-state index contributed by atoms with van der Waals surface area (Å²) in [7, 11) is 0. The van der Waals surface area contributed by atoms with Gasteiger partial charge in [0.15, 0.2) is 6.04 Å². The van der Waals surface area contributed by atoms with Gasteiger partial charge in [-0.15, -0.1) is 0 Å². The molecule has 1 aromatic carbocycles. The van der Waals surface area contributed by atoms with Crippen molar-refractivity contribution in [2.24, 2.45) is 0 Å². The molecule has 2 atom stereocenters. The second kappa shape index (κ2) is 7.86. The Morgan fingerprint density at radius 3 is 2.85 bits per heavy atom. The average molecular weight is 380 g/mol. The number of carbonyl (C=O) groups is 3. The molecule has 3 rings (SSSR count). The predicted molar refractivity (Wildman–Crippen MR) is 92.3 cm³/mol. The zero-order chi connectivity index (χ0) is 18.7. The minimum absolute atomic E-state index is 0.101. The van der Waals surface area contributed by atoms with Crippen LogP contribution in [0.5, 0.6) is 0 Å². The molecule has 2 aliphatic heterocycles. The number of rotatable bonds is 3. The van der Waals surface area contributed by atoms with Gasteiger partial charge in [0, 0.05) is 17.1 Å². The fourth-order valence-corrected chi connectivity index (χ4v) is 3.08. The van der Waals surface area contributed by atoms with Crippen LogP contribution in [0, 0.1) is 0 Å². The Labute approximate surface area is 154 Å². The van der Waals surface area contributed by atoms with E-state index in [1.165, 1.54) is 16.1 Å². The third kappa shape index (κ3) is 3.87. The van der Waals surface area contributed by atoms with Crippen LogP contribution in [0.3, 0.4) is 0 Å². The van der Waals surface area contributed by atoms with E-state index in [9.17, 15) is 19.5 Å². The number of hydrogen-bond donors (Lipinski definition) is 2. The Morgan fingerprint density at radius 1 is 1.31 bits per heavy atom. The molecule has 2 amide bonds. The van der Waals surface area contributed by atoms with E-state index >= 15 is 0 Å². The molecule has 1 fully saturated rings. The van der Waals surface area contributed by atoms with Gasteiger partial charge in [0.2, 0.25) is 0 Å². The van der Waals surface area contributed by atoms with Gasteiger partial charge in [-0.05, 0) is 24.6 Å².